The minimum atomic E-state index is -0.403. The number of oxime groups is 1. The van der Waals surface area contributed by atoms with Crippen LogP contribution >= 0.6 is 11.6 Å². The van der Waals surface area contributed by atoms with Crippen molar-refractivity contribution in [2.24, 2.45) is 5.16 Å². The maximum atomic E-state index is 12.8. The molecule has 1 aromatic carbocycles. The van der Waals surface area contributed by atoms with Gasteiger partial charge in [0.25, 0.3) is 5.91 Å². The summed E-state index contributed by atoms with van der Waals surface area (Å²) in [6.45, 7) is 3.88. The molecule has 0 bridgehead atoms. The van der Waals surface area contributed by atoms with Crippen molar-refractivity contribution in [2.45, 2.75) is 39.5 Å². The molecule has 0 aromatic heterocycles. The molecule has 0 unspecified atom stereocenters. The molecule has 1 aromatic rings. The molecule has 1 aliphatic rings. The molecule has 0 spiro atoms. The van der Waals surface area contributed by atoms with Crippen molar-refractivity contribution in [3.8, 4) is 0 Å². The van der Waals surface area contributed by atoms with Gasteiger partial charge in [-0.2, -0.15) is 0 Å². The number of rotatable bonds is 3. The van der Waals surface area contributed by atoms with Crippen LogP contribution in [0.25, 0.3) is 0 Å². The van der Waals surface area contributed by atoms with E-state index in [1.54, 1.807) is 0 Å². The van der Waals surface area contributed by atoms with E-state index in [2.05, 4.69) is 16.5 Å². The van der Waals surface area contributed by atoms with Crippen LogP contribution in [0.3, 0.4) is 0 Å². The van der Waals surface area contributed by atoms with Gasteiger partial charge in [-0.25, -0.2) is 4.79 Å². The highest BCUT2D eigenvalue weighted by atomic mass is 35.5. The van der Waals surface area contributed by atoms with Crippen molar-refractivity contribution in [3.63, 3.8) is 0 Å². The fourth-order valence-corrected chi connectivity index (χ4v) is 3.20. The lowest BCUT2D eigenvalue weighted by Gasteiger charge is -2.16. The zero-order valence-electron chi connectivity index (χ0n) is 17.1. The number of carbonyl (C=O) groups excluding carboxylic acids is 2. The third-order valence-electron chi connectivity index (χ3n) is 4.45. The van der Waals surface area contributed by atoms with Crippen molar-refractivity contribution >= 4 is 29.2 Å². The summed E-state index contributed by atoms with van der Waals surface area (Å²) < 4.78 is 5.46. The molecule has 0 aliphatic carbocycles. The number of hydrogen-bond acceptors (Lipinski definition) is 5. The minimum absolute atomic E-state index is 0.188. The Morgan fingerprint density at radius 2 is 1.93 bits per heavy atom. The number of amides is 1. The number of halogens is 1. The number of benzene rings is 1. The molecule has 0 saturated heterocycles. The largest absolute Gasteiger partial charge is 0.462 e. The Kier molecular flexibility index (Phi) is 8.93. The Labute approximate surface area is 176 Å². The average Bonchev–Trinajstić information content (AvgIpc) is 2.69. The summed E-state index contributed by atoms with van der Waals surface area (Å²) in [6.07, 6.45) is 10.5. The summed E-state index contributed by atoms with van der Waals surface area (Å²) in [4.78, 5) is 29.4. The number of aryl methyl sites for hydroxylation is 2. The van der Waals surface area contributed by atoms with E-state index in [4.69, 9.17) is 21.2 Å². The van der Waals surface area contributed by atoms with Crippen molar-refractivity contribution in [2.75, 3.05) is 20.3 Å². The van der Waals surface area contributed by atoms with Crippen LogP contribution < -0.4 is 5.32 Å². The molecule has 0 fully saturated rings. The number of fused-ring (bicyclic) bond motifs is 1. The van der Waals surface area contributed by atoms with Gasteiger partial charge in [0.05, 0.1) is 17.9 Å². The lowest BCUT2D eigenvalue weighted by Crippen LogP contribution is -2.22. The number of cyclic esters (lactones) is 1. The van der Waals surface area contributed by atoms with Gasteiger partial charge in [0.2, 0.25) is 0 Å². The Bertz CT molecular complexity index is 844. The fourth-order valence-electron chi connectivity index (χ4n) is 2.98. The van der Waals surface area contributed by atoms with Crippen LogP contribution in [0, 0.1) is 13.8 Å². The highest BCUT2D eigenvalue weighted by Gasteiger charge is 2.21. The predicted molar refractivity (Wildman–Crippen MR) is 114 cm³/mol. The topological polar surface area (TPSA) is 77.0 Å². The maximum Gasteiger partial charge on any atom is 0.338 e. The first-order valence-electron chi connectivity index (χ1n) is 9.60. The molecule has 6 nitrogen and oxygen atoms in total. The van der Waals surface area contributed by atoms with E-state index in [9.17, 15) is 9.59 Å². The highest BCUT2D eigenvalue weighted by molar-refractivity contribution is 6.33. The number of nitrogens with zero attached hydrogens (tertiary/aromatic N) is 1. The Morgan fingerprint density at radius 1 is 1.21 bits per heavy atom. The summed E-state index contributed by atoms with van der Waals surface area (Å²) >= 11 is 6.57. The predicted octanol–water partition coefficient (Wildman–Crippen LogP) is 4.07. The number of carbonyl (C=O) groups is 2. The van der Waals surface area contributed by atoms with E-state index in [1.807, 2.05) is 38.1 Å². The van der Waals surface area contributed by atoms with Crippen LogP contribution in [-0.2, 0) is 20.8 Å². The first-order valence-corrected chi connectivity index (χ1v) is 9.98. The van der Waals surface area contributed by atoms with Crippen molar-refractivity contribution in [3.05, 3.63) is 57.6 Å². The first kappa shape index (κ1) is 22.7. The molecule has 1 amide bonds. The second-order valence-corrected chi connectivity index (χ2v) is 7.14. The third-order valence-corrected chi connectivity index (χ3v) is 4.98. The summed E-state index contributed by atoms with van der Waals surface area (Å²) in [5.74, 6) is -0.683. The molecule has 1 heterocycles. The number of hydrogen-bond donors (Lipinski definition) is 1. The summed E-state index contributed by atoms with van der Waals surface area (Å²) in [5.41, 5.74) is 3.33. The van der Waals surface area contributed by atoms with Gasteiger partial charge < -0.3 is 14.9 Å². The Balaban J connectivity index is 2.45. The molecular weight excluding hydrogens is 392 g/mol. The van der Waals surface area contributed by atoms with E-state index in [-0.39, 0.29) is 18.9 Å². The second-order valence-electron chi connectivity index (χ2n) is 6.76. The van der Waals surface area contributed by atoms with Crippen LogP contribution in [0.5, 0.6) is 0 Å². The fraction of sp³-hybridized carbons (Fsp3) is 0.409. The molecule has 1 aliphatic heterocycles. The van der Waals surface area contributed by atoms with Gasteiger partial charge in [0, 0.05) is 18.5 Å². The average molecular weight is 419 g/mol. The van der Waals surface area contributed by atoms with Gasteiger partial charge >= 0.3 is 5.97 Å². The molecule has 2 rings (SSSR count). The number of ether oxygens (including phenoxy) is 1. The van der Waals surface area contributed by atoms with E-state index >= 15 is 0 Å². The van der Waals surface area contributed by atoms with E-state index in [1.165, 1.54) is 7.05 Å². The SMILES string of the molecule is CNC(=O)CO/N=C1\C=C\CC/C=C/CCOC(=O)c2c(C)cc(C)c(Cl)c2C1. The van der Waals surface area contributed by atoms with E-state index in [0.717, 1.165) is 24.0 Å². The lowest BCUT2D eigenvalue weighted by atomic mass is 9.94. The quantitative estimate of drug-likeness (QED) is 0.456. The molecule has 29 heavy (non-hydrogen) atoms. The Hall–Kier alpha value is -2.60. The van der Waals surface area contributed by atoms with Gasteiger partial charge in [-0.05, 0) is 55.9 Å². The summed E-state index contributed by atoms with van der Waals surface area (Å²) in [6, 6.07) is 1.88. The lowest BCUT2D eigenvalue weighted by molar-refractivity contribution is -0.125. The number of nitrogens with one attached hydrogen (secondary N) is 1. The molecule has 0 saturated carbocycles. The molecule has 1 N–H and O–H groups in total. The van der Waals surface area contributed by atoms with Gasteiger partial charge in [0.15, 0.2) is 6.61 Å². The summed E-state index contributed by atoms with van der Waals surface area (Å²) in [7, 11) is 1.53. The zero-order chi connectivity index (χ0) is 21.2. The van der Waals surface area contributed by atoms with E-state index in [0.29, 0.717) is 34.9 Å². The van der Waals surface area contributed by atoms with Crippen molar-refractivity contribution in [1.29, 1.82) is 0 Å². The molecular formula is C22H27ClN2O4. The van der Waals surface area contributed by atoms with E-state index < -0.39 is 5.97 Å². The normalized spacial score (nSPS) is 18.9. The molecule has 0 radical (unpaired) electrons. The smallest absolute Gasteiger partial charge is 0.338 e. The van der Waals surface area contributed by atoms with Gasteiger partial charge in [-0.3, -0.25) is 4.79 Å². The number of likely N-dealkylation sites (N-methyl/N-ethyl adjacent to an activating group) is 1. The summed E-state index contributed by atoms with van der Waals surface area (Å²) in [5, 5.41) is 7.08. The van der Waals surface area contributed by atoms with Crippen LogP contribution in [-0.4, -0.2) is 37.8 Å². The third kappa shape index (κ3) is 6.75. The molecule has 156 valence electrons. The zero-order valence-corrected chi connectivity index (χ0v) is 17.8. The first-order chi connectivity index (χ1) is 13.9. The van der Waals surface area contributed by atoms with Gasteiger partial charge in [-0.15, -0.1) is 0 Å². The van der Waals surface area contributed by atoms with Gasteiger partial charge in [0.1, 0.15) is 0 Å². The highest BCUT2D eigenvalue weighted by Crippen LogP contribution is 2.29. The second kappa shape index (κ2) is 11.4. The van der Waals surface area contributed by atoms with Crippen LogP contribution in [0.15, 0.2) is 35.5 Å². The van der Waals surface area contributed by atoms with Crippen molar-refractivity contribution < 1.29 is 19.2 Å². The maximum absolute atomic E-state index is 12.8. The monoisotopic (exact) mass is 418 g/mol. The standard InChI is InChI=1S/C22H27ClN2O4/c1-15-12-16(2)21(23)18-13-17(25-29-14-19(26)24-3)10-8-6-4-5-7-9-11-28-22(27)20(15)18/h5,7-8,10,12H,4,6,9,11,13-14H2,1-3H3,(H,24,26)/b7-5+,10-8+,25-17+. The molecule has 0 atom stereocenters. The number of allylic oxidation sites excluding steroid dienone is 3. The number of esters is 1. The Morgan fingerprint density at radius 3 is 2.69 bits per heavy atom. The van der Waals surface area contributed by atoms with Crippen LogP contribution in [0.1, 0.15) is 46.3 Å². The van der Waals surface area contributed by atoms with Crippen molar-refractivity contribution in [1.82, 2.24) is 5.32 Å². The van der Waals surface area contributed by atoms with Crippen LogP contribution in [0.2, 0.25) is 5.02 Å². The molecule has 7 heteroatoms. The van der Waals surface area contributed by atoms with Gasteiger partial charge in [-0.1, -0.05) is 41.1 Å². The van der Waals surface area contributed by atoms with Crippen LogP contribution in [0.4, 0.5) is 0 Å². The minimum Gasteiger partial charge on any atom is -0.462 e.